The maximum Gasteiger partial charge on any atom is 0.254 e. The Morgan fingerprint density at radius 1 is 1.67 bits per heavy atom. The van der Waals surface area contributed by atoms with E-state index in [2.05, 4.69) is 6.58 Å². The second-order valence-electron chi connectivity index (χ2n) is 3.16. The number of carbonyl (C=O) groups excluding carboxylic acids is 2. The first-order chi connectivity index (χ1) is 7.20. The fraction of sp³-hybridized carbons (Fsp3) is 0.600. The van der Waals surface area contributed by atoms with Crippen LogP contribution in [0.4, 0.5) is 0 Å². The van der Waals surface area contributed by atoms with E-state index in [9.17, 15) is 9.59 Å². The number of carbonyl (C=O) groups is 2. The largest absolute Gasteiger partial charge is 0.382 e. The predicted molar refractivity (Wildman–Crippen MR) is 52.9 cm³/mol. The molecule has 0 aromatic rings. The molecule has 0 radical (unpaired) electrons. The Kier molecular flexibility index (Phi) is 4.45. The maximum atomic E-state index is 11.4. The van der Waals surface area contributed by atoms with Crippen LogP contribution in [0.25, 0.3) is 0 Å². The molecule has 0 aromatic carbocycles. The number of rotatable bonds is 5. The van der Waals surface area contributed by atoms with Gasteiger partial charge < -0.3 is 9.47 Å². The van der Waals surface area contributed by atoms with Crippen LogP contribution in [0.5, 0.6) is 0 Å². The Balaban J connectivity index is 2.52. The first-order valence-corrected chi connectivity index (χ1v) is 4.79. The van der Waals surface area contributed by atoms with Gasteiger partial charge in [0, 0.05) is 20.0 Å². The first kappa shape index (κ1) is 11.9. The van der Waals surface area contributed by atoms with Crippen LogP contribution in [-0.4, -0.2) is 43.3 Å². The summed E-state index contributed by atoms with van der Waals surface area (Å²) in [4.78, 5) is 23.8. The molecule has 1 fully saturated rings. The highest BCUT2D eigenvalue weighted by Crippen LogP contribution is 2.19. The number of amides is 2. The third-order valence-electron chi connectivity index (χ3n) is 2.17. The van der Waals surface area contributed by atoms with Gasteiger partial charge in [0.2, 0.25) is 5.91 Å². The van der Waals surface area contributed by atoms with Crippen LogP contribution in [0, 0.1) is 0 Å². The van der Waals surface area contributed by atoms with Crippen LogP contribution in [-0.2, 0) is 19.1 Å². The van der Waals surface area contributed by atoms with Crippen molar-refractivity contribution in [3.05, 3.63) is 12.7 Å². The van der Waals surface area contributed by atoms with E-state index in [0.717, 1.165) is 11.0 Å². The minimum atomic E-state index is -0.460. The van der Waals surface area contributed by atoms with Crippen LogP contribution >= 0.6 is 0 Å². The molecule has 0 saturated carbocycles. The third-order valence-corrected chi connectivity index (χ3v) is 2.17. The smallest absolute Gasteiger partial charge is 0.254 e. The summed E-state index contributed by atoms with van der Waals surface area (Å²) in [5, 5.41) is 0. The van der Waals surface area contributed by atoms with Crippen LogP contribution in [0.15, 0.2) is 12.7 Å². The summed E-state index contributed by atoms with van der Waals surface area (Å²) in [5.41, 5.74) is 0. The maximum absolute atomic E-state index is 11.4. The molecular formula is C10H15NO4. The number of imide groups is 1. The number of likely N-dealkylation sites (tertiary alicyclic amines) is 1. The van der Waals surface area contributed by atoms with Crippen LogP contribution in [0.1, 0.15) is 12.8 Å². The van der Waals surface area contributed by atoms with Crippen molar-refractivity contribution in [1.82, 2.24) is 4.90 Å². The topological polar surface area (TPSA) is 55.8 Å². The molecule has 1 aliphatic heterocycles. The monoisotopic (exact) mass is 213 g/mol. The Bertz CT molecular complexity index is 264. The highest BCUT2D eigenvalue weighted by molar-refractivity contribution is 6.01. The lowest BCUT2D eigenvalue weighted by molar-refractivity contribution is -0.150. The number of hydrogen-bond acceptors (Lipinski definition) is 4. The first-order valence-electron chi connectivity index (χ1n) is 4.79. The van der Waals surface area contributed by atoms with Crippen molar-refractivity contribution in [2.75, 3.05) is 20.3 Å². The molecular weight excluding hydrogens is 198 g/mol. The second-order valence-corrected chi connectivity index (χ2v) is 3.16. The van der Waals surface area contributed by atoms with Crippen molar-refractivity contribution in [3.63, 3.8) is 0 Å². The van der Waals surface area contributed by atoms with E-state index in [1.165, 1.54) is 0 Å². The Morgan fingerprint density at radius 3 is 3.00 bits per heavy atom. The molecule has 1 saturated heterocycles. The molecule has 5 nitrogen and oxygen atoms in total. The fourth-order valence-electron chi connectivity index (χ4n) is 1.45. The molecule has 0 aromatic heterocycles. The number of hydrogen-bond donors (Lipinski definition) is 0. The summed E-state index contributed by atoms with van der Waals surface area (Å²) in [6.07, 6.45) is 1.55. The van der Waals surface area contributed by atoms with Gasteiger partial charge >= 0.3 is 0 Å². The van der Waals surface area contributed by atoms with Crippen LogP contribution in [0.2, 0.25) is 0 Å². The third kappa shape index (κ3) is 2.87. The molecule has 0 aliphatic carbocycles. The van der Waals surface area contributed by atoms with Gasteiger partial charge in [0.05, 0.1) is 13.2 Å². The molecule has 1 heterocycles. The van der Waals surface area contributed by atoms with Gasteiger partial charge in [0.15, 0.2) is 0 Å². The summed E-state index contributed by atoms with van der Waals surface area (Å²) in [7, 11) is 1.57. The number of methoxy groups -OCH3 is 1. The van der Waals surface area contributed by atoms with Crippen LogP contribution in [0.3, 0.4) is 0 Å². The van der Waals surface area contributed by atoms with Crippen molar-refractivity contribution in [2.45, 2.75) is 19.1 Å². The SMILES string of the molecule is C=CC(=O)N1C(=O)CCC1OCCOC. The normalized spacial score (nSPS) is 20.7. The highest BCUT2D eigenvalue weighted by Gasteiger charge is 2.35. The molecule has 1 atom stereocenters. The number of nitrogens with zero attached hydrogens (tertiary/aromatic N) is 1. The van der Waals surface area contributed by atoms with Gasteiger partial charge in [-0.3, -0.25) is 14.5 Å². The molecule has 1 rings (SSSR count). The molecule has 1 aliphatic rings. The quantitative estimate of drug-likeness (QED) is 0.487. The summed E-state index contributed by atoms with van der Waals surface area (Å²) >= 11 is 0. The molecule has 84 valence electrons. The van der Waals surface area contributed by atoms with E-state index < -0.39 is 12.1 Å². The molecule has 0 spiro atoms. The Hall–Kier alpha value is -1.20. The number of ether oxygens (including phenoxy) is 2. The standard InChI is InChI=1S/C10H15NO4/c1-3-8(12)11-9(13)4-5-10(11)15-7-6-14-2/h3,10H,1,4-7H2,2H3. The molecule has 15 heavy (non-hydrogen) atoms. The highest BCUT2D eigenvalue weighted by atomic mass is 16.5. The van der Waals surface area contributed by atoms with E-state index in [4.69, 9.17) is 9.47 Å². The second kappa shape index (κ2) is 5.63. The van der Waals surface area contributed by atoms with Crippen molar-refractivity contribution in [1.29, 1.82) is 0 Å². The van der Waals surface area contributed by atoms with Gasteiger partial charge in [0.1, 0.15) is 6.23 Å². The van der Waals surface area contributed by atoms with Gasteiger partial charge in [-0.15, -0.1) is 0 Å². The fourth-order valence-corrected chi connectivity index (χ4v) is 1.45. The van der Waals surface area contributed by atoms with E-state index >= 15 is 0 Å². The zero-order chi connectivity index (χ0) is 11.3. The minimum absolute atomic E-state index is 0.206. The molecule has 1 unspecified atom stereocenters. The van der Waals surface area contributed by atoms with Crippen molar-refractivity contribution < 1.29 is 19.1 Å². The van der Waals surface area contributed by atoms with E-state index in [0.29, 0.717) is 26.1 Å². The molecule has 2 amide bonds. The van der Waals surface area contributed by atoms with Crippen molar-refractivity contribution >= 4 is 11.8 Å². The summed E-state index contributed by atoms with van der Waals surface area (Å²) in [5.74, 6) is -0.609. The van der Waals surface area contributed by atoms with Gasteiger partial charge in [0.25, 0.3) is 5.91 Å². The average Bonchev–Trinajstić information content (AvgIpc) is 2.59. The summed E-state index contributed by atoms with van der Waals surface area (Å²) < 4.78 is 10.2. The lowest BCUT2D eigenvalue weighted by atomic mass is 10.3. The predicted octanol–water partition coefficient (Wildman–Crippen LogP) is 0.310. The van der Waals surface area contributed by atoms with E-state index in [1.807, 2.05) is 0 Å². The van der Waals surface area contributed by atoms with Crippen molar-refractivity contribution in [2.24, 2.45) is 0 Å². The van der Waals surface area contributed by atoms with Crippen molar-refractivity contribution in [3.8, 4) is 0 Å². The lowest BCUT2D eigenvalue weighted by Gasteiger charge is -2.21. The molecule has 0 bridgehead atoms. The zero-order valence-corrected chi connectivity index (χ0v) is 8.77. The van der Waals surface area contributed by atoms with Gasteiger partial charge in [-0.25, -0.2) is 0 Å². The summed E-state index contributed by atoms with van der Waals surface area (Å²) in [6, 6.07) is 0. The average molecular weight is 213 g/mol. The lowest BCUT2D eigenvalue weighted by Crippen LogP contribution is -2.39. The Morgan fingerprint density at radius 2 is 2.40 bits per heavy atom. The zero-order valence-electron chi connectivity index (χ0n) is 8.77. The minimum Gasteiger partial charge on any atom is -0.382 e. The van der Waals surface area contributed by atoms with Gasteiger partial charge in [-0.2, -0.15) is 0 Å². The Labute approximate surface area is 88.6 Å². The van der Waals surface area contributed by atoms with E-state index in [-0.39, 0.29) is 5.91 Å². The van der Waals surface area contributed by atoms with Gasteiger partial charge in [-0.1, -0.05) is 6.58 Å². The van der Waals surface area contributed by atoms with E-state index in [1.54, 1.807) is 7.11 Å². The molecule has 5 heteroatoms. The summed E-state index contributed by atoms with van der Waals surface area (Å²) in [6.45, 7) is 4.16. The van der Waals surface area contributed by atoms with Gasteiger partial charge in [-0.05, 0) is 6.08 Å². The van der Waals surface area contributed by atoms with Crippen LogP contribution < -0.4 is 0 Å². The molecule has 0 N–H and O–H groups in total.